The fourth-order valence-electron chi connectivity index (χ4n) is 0.766. The van der Waals surface area contributed by atoms with Gasteiger partial charge in [0.15, 0.2) is 0 Å². The van der Waals surface area contributed by atoms with Crippen LogP contribution in [0.3, 0.4) is 0 Å². The van der Waals surface area contributed by atoms with Gasteiger partial charge in [0.2, 0.25) is 0 Å². The monoisotopic (exact) mass is 143 g/mol. The summed E-state index contributed by atoms with van der Waals surface area (Å²) in [6.07, 6.45) is 5.70. The van der Waals surface area contributed by atoms with Gasteiger partial charge >= 0.3 is 0 Å². The van der Waals surface area contributed by atoms with Crippen LogP contribution in [0, 0.1) is 6.42 Å². The molecule has 2 heteroatoms. The average Bonchev–Trinajstić information content (AvgIpc) is 1.97. The van der Waals surface area contributed by atoms with E-state index >= 15 is 0 Å². The van der Waals surface area contributed by atoms with E-state index in [1.54, 1.807) is 0 Å². The standard InChI is InChI=1S/C8H19N2/c1-2-3-7-10-8-5-4-6-9/h2,10H,3-9H2,1H3. The molecule has 0 aliphatic carbocycles. The third kappa shape index (κ3) is 7.92. The largest absolute Gasteiger partial charge is 0.330 e. The van der Waals surface area contributed by atoms with Crippen LogP contribution in [0.25, 0.3) is 0 Å². The molecule has 3 N–H and O–H groups in total. The summed E-state index contributed by atoms with van der Waals surface area (Å²) in [5, 5.41) is 3.33. The van der Waals surface area contributed by atoms with Crippen molar-refractivity contribution in [2.24, 2.45) is 5.73 Å². The Bertz CT molecular complexity index is 47.2. The lowest BCUT2D eigenvalue weighted by atomic mass is 10.3. The fourth-order valence-corrected chi connectivity index (χ4v) is 0.766. The molecule has 2 nitrogen and oxygen atoms in total. The minimum Gasteiger partial charge on any atom is -0.330 e. The van der Waals surface area contributed by atoms with Crippen LogP contribution in [0.5, 0.6) is 0 Å². The fraction of sp³-hybridized carbons (Fsp3) is 0.875. The van der Waals surface area contributed by atoms with E-state index in [-0.39, 0.29) is 0 Å². The maximum Gasteiger partial charge on any atom is -0.00463 e. The number of nitrogens with one attached hydrogen (secondary N) is 1. The Hall–Kier alpha value is -0.0800. The molecule has 0 rings (SSSR count). The molecule has 10 heavy (non-hydrogen) atoms. The van der Waals surface area contributed by atoms with Crippen molar-refractivity contribution >= 4 is 0 Å². The summed E-state index contributed by atoms with van der Waals surface area (Å²) in [5.74, 6) is 0. The van der Waals surface area contributed by atoms with Gasteiger partial charge in [-0.1, -0.05) is 6.92 Å². The molecular weight excluding hydrogens is 124 g/mol. The van der Waals surface area contributed by atoms with Crippen molar-refractivity contribution in [3.8, 4) is 0 Å². The molecular formula is C8H19N2. The van der Waals surface area contributed by atoms with Crippen molar-refractivity contribution in [3.63, 3.8) is 0 Å². The molecule has 0 heterocycles. The lowest BCUT2D eigenvalue weighted by Crippen LogP contribution is -2.17. The van der Waals surface area contributed by atoms with Crippen molar-refractivity contribution < 1.29 is 0 Å². The molecule has 0 unspecified atom stereocenters. The van der Waals surface area contributed by atoms with Crippen LogP contribution in [-0.4, -0.2) is 19.6 Å². The van der Waals surface area contributed by atoms with Crippen LogP contribution in [0.15, 0.2) is 0 Å². The van der Waals surface area contributed by atoms with Crippen molar-refractivity contribution in [2.45, 2.75) is 26.2 Å². The molecule has 0 atom stereocenters. The van der Waals surface area contributed by atoms with E-state index in [4.69, 9.17) is 5.73 Å². The third-order valence-corrected chi connectivity index (χ3v) is 1.42. The Morgan fingerprint density at radius 3 is 2.70 bits per heavy atom. The Morgan fingerprint density at radius 2 is 2.10 bits per heavy atom. The van der Waals surface area contributed by atoms with Gasteiger partial charge < -0.3 is 11.1 Å². The predicted octanol–water partition coefficient (Wildman–Crippen LogP) is 0.929. The zero-order valence-electron chi connectivity index (χ0n) is 6.90. The highest BCUT2D eigenvalue weighted by atomic mass is 14.8. The first-order valence-corrected chi connectivity index (χ1v) is 4.10. The molecule has 0 saturated carbocycles. The van der Waals surface area contributed by atoms with Gasteiger partial charge in [-0.3, -0.25) is 0 Å². The van der Waals surface area contributed by atoms with Crippen LogP contribution < -0.4 is 11.1 Å². The maximum atomic E-state index is 5.34. The zero-order chi connectivity index (χ0) is 7.66. The van der Waals surface area contributed by atoms with Crippen molar-refractivity contribution in [1.82, 2.24) is 5.32 Å². The van der Waals surface area contributed by atoms with E-state index in [0.717, 1.165) is 26.1 Å². The molecule has 0 aromatic carbocycles. The lowest BCUT2D eigenvalue weighted by molar-refractivity contribution is 0.624. The second-order valence-electron chi connectivity index (χ2n) is 2.44. The summed E-state index contributed by atoms with van der Waals surface area (Å²) < 4.78 is 0. The quantitative estimate of drug-likeness (QED) is 0.520. The van der Waals surface area contributed by atoms with Crippen LogP contribution in [-0.2, 0) is 0 Å². The van der Waals surface area contributed by atoms with Crippen LogP contribution >= 0.6 is 0 Å². The van der Waals surface area contributed by atoms with Gasteiger partial charge in [-0.25, -0.2) is 0 Å². The van der Waals surface area contributed by atoms with Crippen molar-refractivity contribution in [1.29, 1.82) is 0 Å². The highest BCUT2D eigenvalue weighted by molar-refractivity contribution is 4.58. The van der Waals surface area contributed by atoms with E-state index in [9.17, 15) is 0 Å². The molecule has 0 aliphatic heterocycles. The predicted molar refractivity (Wildman–Crippen MR) is 45.7 cm³/mol. The first kappa shape index (κ1) is 9.92. The summed E-state index contributed by atoms with van der Waals surface area (Å²) in [4.78, 5) is 0. The molecule has 0 saturated heterocycles. The van der Waals surface area contributed by atoms with E-state index in [1.165, 1.54) is 12.8 Å². The minimum atomic E-state index is 0.821. The highest BCUT2D eigenvalue weighted by Crippen LogP contribution is 1.84. The third-order valence-electron chi connectivity index (χ3n) is 1.42. The van der Waals surface area contributed by atoms with Gasteiger partial charge in [0.05, 0.1) is 0 Å². The average molecular weight is 143 g/mol. The first-order chi connectivity index (χ1) is 4.91. The summed E-state index contributed by atoms with van der Waals surface area (Å²) in [6.45, 7) is 5.13. The van der Waals surface area contributed by atoms with E-state index in [1.807, 2.05) is 0 Å². The van der Waals surface area contributed by atoms with Gasteiger partial charge in [0, 0.05) is 0 Å². The molecule has 0 aliphatic rings. The normalized spacial score (nSPS) is 10.2. The molecule has 0 aromatic heterocycles. The number of rotatable bonds is 7. The molecule has 0 aromatic rings. The molecule has 0 bridgehead atoms. The maximum absolute atomic E-state index is 5.34. The zero-order valence-corrected chi connectivity index (χ0v) is 6.90. The molecule has 0 spiro atoms. The van der Waals surface area contributed by atoms with Gasteiger partial charge in [-0.05, 0) is 45.3 Å². The first-order valence-electron chi connectivity index (χ1n) is 4.10. The number of unbranched alkanes of at least 4 members (excludes halogenated alkanes) is 2. The summed E-state index contributed by atoms with van der Waals surface area (Å²) in [5.41, 5.74) is 5.34. The summed E-state index contributed by atoms with van der Waals surface area (Å²) in [7, 11) is 0. The van der Waals surface area contributed by atoms with Crippen molar-refractivity contribution in [3.05, 3.63) is 6.42 Å². The van der Waals surface area contributed by atoms with E-state index in [0.29, 0.717) is 0 Å². The van der Waals surface area contributed by atoms with Gasteiger partial charge in [-0.15, -0.1) is 0 Å². The van der Waals surface area contributed by atoms with Crippen LogP contribution in [0.2, 0.25) is 0 Å². The van der Waals surface area contributed by atoms with Crippen LogP contribution in [0.1, 0.15) is 26.2 Å². The van der Waals surface area contributed by atoms with E-state index < -0.39 is 0 Å². The second-order valence-corrected chi connectivity index (χ2v) is 2.44. The smallest absolute Gasteiger partial charge is 0.00463 e. The summed E-state index contributed by atoms with van der Waals surface area (Å²) >= 11 is 0. The van der Waals surface area contributed by atoms with E-state index in [2.05, 4.69) is 18.7 Å². The highest BCUT2D eigenvalue weighted by Gasteiger charge is 1.85. The summed E-state index contributed by atoms with van der Waals surface area (Å²) in [6, 6.07) is 0. The Kier molecular flexibility index (Phi) is 8.85. The number of hydrogen-bond acceptors (Lipinski definition) is 2. The SMILES string of the molecule is C[CH]CCNCCCCN. The van der Waals surface area contributed by atoms with Crippen molar-refractivity contribution in [2.75, 3.05) is 19.6 Å². The van der Waals surface area contributed by atoms with Crippen LogP contribution in [0.4, 0.5) is 0 Å². The molecule has 1 radical (unpaired) electrons. The van der Waals surface area contributed by atoms with Gasteiger partial charge in [0.1, 0.15) is 0 Å². The number of hydrogen-bond donors (Lipinski definition) is 2. The number of nitrogens with two attached hydrogens (primary N) is 1. The Labute approximate surface area is 64.2 Å². The second kappa shape index (κ2) is 8.92. The topological polar surface area (TPSA) is 38.0 Å². The Balaban J connectivity index is 2.65. The van der Waals surface area contributed by atoms with Gasteiger partial charge in [-0.2, -0.15) is 0 Å². The minimum absolute atomic E-state index is 0.821. The molecule has 0 fully saturated rings. The lowest BCUT2D eigenvalue weighted by Gasteiger charge is -2.01. The molecule has 0 amide bonds. The molecule has 61 valence electrons. The van der Waals surface area contributed by atoms with Gasteiger partial charge in [0.25, 0.3) is 0 Å². The Morgan fingerprint density at radius 1 is 1.30 bits per heavy atom.